The zero-order valence-electron chi connectivity index (χ0n) is 20.4. The Kier molecular flexibility index (Phi) is 7.85. The molecule has 2 nitrogen and oxygen atoms in total. The van der Waals surface area contributed by atoms with Crippen LogP contribution in [-0.4, -0.2) is 23.5 Å². The minimum Gasteiger partial charge on any atom is -0.309 e. The molecule has 4 heteroatoms. The number of piperidine rings is 1. The number of benzene rings is 4. The Balaban J connectivity index is 1.41. The summed E-state index contributed by atoms with van der Waals surface area (Å²) in [5.41, 5.74) is 4.82. The quantitative estimate of drug-likeness (QED) is 0.293. The molecule has 2 unspecified atom stereocenters. The molecule has 184 valence electrons. The minimum absolute atomic E-state index is 0.209. The van der Waals surface area contributed by atoms with Gasteiger partial charge in [-0.2, -0.15) is 0 Å². The highest BCUT2D eigenvalue weighted by Crippen LogP contribution is 2.36. The summed E-state index contributed by atoms with van der Waals surface area (Å²) in [6, 6.07) is 35.7. The first-order valence-corrected chi connectivity index (χ1v) is 12.7. The third-order valence-corrected chi connectivity index (χ3v) is 7.24. The second kappa shape index (κ2) is 11.6. The van der Waals surface area contributed by atoms with Crippen LogP contribution in [0.2, 0.25) is 0 Å². The fraction of sp³-hybridized carbons (Fsp3) is 0.250. The van der Waals surface area contributed by atoms with E-state index in [0.29, 0.717) is 18.6 Å². The van der Waals surface area contributed by atoms with E-state index in [9.17, 15) is 8.78 Å². The second-order valence-electron chi connectivity index (χ2n) is 9.70. The molecule has 5 rings (SSSR count). The molecule has 36 heavy (non-hydrogen) atoms. The highest BCUT2D eigenvalue weighted by atomic mass is 19.1. The molecule has 1 heterocycles. The van der Waals surface area contributed by atoms with E-state index in [1.165, 1.54) is 23.3 Å². The first-order valence-electron chi connectivity index (χ1n) is 12.7. The number of hydrogen-bond acceptors (Lipinski definition) is 2. The lowest BCUT2D eigenvalue weighted by Gasteiger charge is -2.44. The monoisotopic (exact) mass is 482 g/mol. The van der Waals surface area contributed by atoms with Gasteiger partial charge in [-0.3, -0.25) is 4.90 Å². The van der Waals surface area contributed by atoms with Crippen molar-refractivity contribution in [1.29, 1.82) is 0 Å². The van der Waals surface area contributed by atoms with Crippen molar-refractivity contribution in [2.45, 2.75) is 43.9 Å². The summed E-state index contributed by atoms with van der Waals surface area (Å²) >= 11 is 0. The zero-order chi connectivity index (χ0) is 24.7. The van der Waals surface area contributed by atoms with Crippen LogP contribution in [0.25, 0.3) is 0 Å². The number of nitrogens with one attached hydrogen (secondary N) is 1. The number of nitrogens with zero attached hydrogens (tertiary/aromatic N) is 1. The predicted octanol–water partition coefficient (Wildman–Crippen LogP) is 6.92. The second-order valence-corrected chi connectivity index (χ2v) is 9.70. The van der Waals surface area contributed by atoms with Gasteiger partial charge in [0.15, 0.2) is 0 Å². The Labute approximate surface area is 212 Å². The molecular formula is C32H32F2N2. The topological polar surface area (TPSA) is 15.3 Å². The van der Waals surface area contributed by atoms with Crippen LogP contribution in [0.3, 0.4) is 0 Å². The number of hydrogen-bond donors (Lipinski definition) is 1. The fourth-order valence-electron chi connectivity index (χ4n) is 5.44. The zero-order valence-corrected chi connectivity index (χ0v) is 20.4. The van der Waals surface area contributed by atoms with E-state index in [-0.39, 0.29) is 17.6 Å². The molecule has 0 saturated carbocycles. The van der Waals surface area contributed by atoms with E-state index in [2.05, 4.69) is 70.9 Å². The Morgan fingerprint density at radius 1 is 0.667 bits per heavy atom. The van der Waals surface area contributed by atoms with Crippen molar-refractivity contribution in [3.8, 4) is 0 Å². The lowest BCUT2D eigenvalue weighted by molar-refractivity contribution is 0.102. The maximum absolute atomic E-state index is 13.6. The lowest BCUT2D eigenvalue weighted by Crippen LogP contribution is -2.52. The van der Waals surface area contributed by atoms with Crippen molar-refractivity contribution < 1.29 is 8.78 Å². The smallest absolute Gasteiger partial charge is 0.123 e. The Morgan fingerprint density at radius 2 is 1.19 bits per heavy atom. The molecule has 0 amide bonds. The Morgan fingerprint density at radius 3 is 1.75 bits per heavy atom. The molecule has 1 saturated heterocycles. The maximum Gasteiger partial charge on any atom is 0.123 e. The van der Waals surface area contributed by atoms with Crippen LogP contribution in [0.5, 0.6) is 0 Å². The van der Waals surface area contributed by atoms with Gasteiger partial charge < -0.3 is 5.32 Å². The predicted molar refractivity (Wildman–Crippen MR) is 142 cm³/mol. The van der Waals surface area contributed by atoms with Crippen LogP contribution in [0.15, 0.2) is 109 Å². The van der Waals surface area contributed by atoms with Gasteiger partial charge in [-0.15, -0.1) is 0 Å². The molecule has 0 bridgehead atoms. The van der Waals surface area contributed by atoms with Gasteiger partial charge in [0.05, 0.1) is 0 Å². The van der Waals surface area contributed by atoms with Gasteiger partial charge in [0, 0.05) is 37.6 Å². The molecule has 1 N–H and O–H groups in total. The lowest BCUT2D eigenvalue weighted by atomic mass is 9.79. The normalized spacial score (nSPS) is 18.4. The van der Waals surface area contributed by atoms with Crippen LogP contribution in [0, 0.1) is 11.6 Å². The van der Waals surface area contributed by atoms with Crippen LogP contribution in [0.1, 0.15) is 41.0 Å². The Bertz CT molecular complexity index is 1170. The molecule has 4 aromatic rings. The van der Waals surface area contributed by atoms with Gasteiger partial charge in [-0.05, 0) is 59.4 Å². The molecule has 1 aliphatic heterocycles. The molecule has 4 aromatic carbocycles. The number of rotatable bonds is 8. The molecule has 1 fully saturated rings. The molecule has 1 aliphatic rings. The van der Waals surface area contributed by atoms with Crippen molar-refractivity contribution in [1.82, 2.24) is 10.2 Å². The van der Waals surface area contributed by atoms with Gasteiger partial charge in [-0.1, -0.05) is 84.9 Å². The van der Waals surface area contributed by atoms with E-state index in [1.54, 1.807) is 12.1 Å². The van der Waals surface area contributed by atoms with Gasteiger partial charge >= 0.3 is 0 Å². The standard InChI is InChI=1S/C32H32F2N2/c33-28-15-11-24(12-16-28)21-35-30-19-20-31(36(23-30)22-25-13-17-29(34)18-14-25)32(26-7-3-1-4-8-26)27-9-5-2-6-10-27/h1-18,30-32,35H,19-23H2. The van der Waals surface area contributed by atoms with E-state index in [0.717, 1.165) is 37.1 Å². The fourth-order valence-corrected chi connectivity index (χ4v) is 5.44. The number of likely N-dealkylation sites (tertiary alicyclic amines) is 1. The minimum atomic E-state index is -0.211. The third kappa shape index (κ3) is 6.07. The molecule has 0 aromatic heterocycles. The summed E-state index contributed by atoms with van der Waals surface area (Å²) in [4.78, 5) is 2.56. The largest absolute Gasteiger partial charge is 0.309 e. The number of halogens is 2. The maximum atomic E-state index is 13.6. The third-order valence-electron chi connectivity index (χ3n) is 7.24. The van der Waals surface area contributed by atoms with Crippen molar-refractivity contribution in [2.75, 3.05) is 6.54 Å². The SMILES string of the molecule is Fc1ccc(CNC2CCC(C(c3ccccc3)c3ccccc3)N(Cc3ccc(F)cc3)C2)cc1. The van der Waals surface area contributed by atoms with E-state index in [4.69, 9.17) is 0 Å². The molecule has 0 radical (unpaired) electrons. The van der Waals surface area contributed by atoms with Gasteiger partial charge in [0.25, 0.3) is 0 Å². The van der Waals surface area contributed by atoms with Gasteiger partial charge in [0.2, 0.25) is 0 Å². The summed E-state index contributed by atoms with van der Waals surface area (Å²) in [6.07, 6.45) is 2.10. The van der Waals surface area contributed by atoms with E-state index in [1.807, 2.05) is 24.3 Å². The molecule has 0 spiro atoms. The van der Waals surface area contributed by atoms with Crippen LogP contribution in [0.4, 0.5) is 8.78 Å². The summed E-state index contributed by atoms with van der Waals surface area (Å²) in [6.45, 7) is 2.36. The average Bonchev–Trinajstić information content (AvgIpc) is 2.92. The van der Waals surface area contributed by atoms with Crippen LogP contribution < -0.4 is 5.32 Å². The summed E-state index contributed by atoms with van der Waals surface area (Å²) in [7, 11) is 0. The van der Waals surface area contributed by atoms with E-state index < -0.39 is 0 Å². The summed E-state index contributed by atoms with van der Waals surface area (Å²) in [5.74, 6) is -0.178. The van der Waals surface area contributed by atoms with Gasteiger partial charge in [0.1, 0.15) is 11.6 Å². The van der Waals surface area contributed by atoms with Crippen LogP contribution >= 0.6 is 0 Å². The first kappa shape index (κ1) is 24.4. The molecule has 2 atom stereocenters. The van der Waals surface area contributed by atoms with Crippen LogP contribution in [-0.2, 0) is 13.1 Å². The first-order chi connectivity index (χ1) is 17.7. The van der Waals surface area contributed by atoms with Crippen molar-refractivity contribution in [3.63, 3.8) is 0 Å². The van der Waals surface area contributed by atoms with Crippen molar-refractivity contribution in [3.05, 3.63) is 143 Å². The molecular weight excluding hydrogens is 450 g/mol. The van der Waals surface area contributed by atoms with Gasteiger partial charge in [-0.25, -0.2) is 8.78 Å². The van der Waals surface area contributed by atoms with Crippen molar-refractivity contribution in [2.24, 2.45) is 0 Å². The van der Waals surface area contributed by atoms with E-state index >= 15 is 0 Å². The Hall–Kier alpha value is -3.34. The molecule has 0 aliphatic carbocycles. The summed E-state index contributed by atoms with van der Waals surface area (Å²) < 4.78 is 26.9. The highest BCUT2D eigenvalue weighted by Gasteiger charge is 2.35. The average molecular weight is 483 g/mol. The highest BCUT2D eigenvalue weighted by molar-refractivity contribution is 5.35. The summed E-state index contributed by atoms with van der Waals surface area (Å²) in [5, 5.41) is 3.70. The van der Waals surface area contributed by atoms with Crippen molar-refractivity contribution >= 4 is 0 Å².